The minimum absolute atomic E-state index is 0.731. The van der Waals surface area contributed by atoms with Crippen LogP contribution in [0.15, 0.2) is 43.0 Å². The minimum Gasteiger partial charge on any atom is -0.317 e. The first-order chi connectivity index (χ1) is 10.9. The molecule has 4 nitrogen and oxygen atoms in total. The lowest BCUT2D eigenvalue weighted by Gasteiger charge is -2.34. The highest BCUT2D eigenvalue weighted by Crippen LogP contribution is 2.17. The molecule has 0 aliphatic carbocycles. The van der Waals surface area contributed by atoms with E-state index in [1.165, 1.54) is 37.1 Å². The van der Waals surface area contributed by atoms with E-state index in [9.17, 15) is 0 Å². The highest BCUT2D eigenvalue weighted by molar-refractivity contribution is 5.34. The average molecular weight is 298 g/mol. The molecule has 0 bridgehead atoms. The smallest absolute Gasteiger partial charge is 0.0991 e. The Balaban J connectivity index is 1.66. The van der Waals surface area contributed by atoms with Crippen molar-refractivity contribution in [3.63, 3.8) is 0 Å². The van der Waals surface area contributed by atoms with Gasteiger partial charge < -0.3 is 9.88 Å². The van der Waals surface area contributed by atoms with Gasteiger partial charge in [-0.15, -0.1) is 0 Å². The third-order valence-electron chi connectivity index (χ3n) is 4.46. The first-order valence-corrected chi connectivity index (χ1v) is 8.39. The van der Waals surface area contributed by atoms with Crippen LogP contribution >= 0.6 is 0 Å². The molecule has 1 aromatic carbocycles. The van der Waals surface area contributed by atoms with Crippen LogP contribution in [-0.2, 0) is 6.54 Å². The van der Waals surface area contributed by atoms with Gasteiger partial charge in [0.1, 0.15) is 0 Å². The number of hydrogen-bond donors (Lipinski definition) is 1. The molecule has 118 valence electrons. The molecule has 0 amide bonds. The van der Waals surface area contributed by atoms with E-state index in [0.29, 0.717) is 0 Å². The van der Waals surface area contributed by atoms with Crippen LogP contribution in [0.25, 0.3) is 5.69 Å². The van der Waals surface area contributed by atoms with Crippen LogP contribution in [0.5, 0.6) is 0 Å². The second kappa shape index (κ2) is 7.56. The molecule has 22 heavy (non-hydrogen) atoms. The molecule has 2 heterocycles. The number of benzene rings is 1. The maximum absolute atomic E-state index is 4.10. The summed E-state index contributed by atoms with van der Waals surface area (Å²) in [5.41, 5.74) is 2.57. The van der Waals surface area contributed by atoms with Crippen LogP contribution in [-0.4, -0.2) is 40.1 Å². The van der Waals surface area contributed by atoms with E-state index >= 15 is 0 Å². The lowest BCUT2D eigenvalue weighted by atomic mass is 10.0. The van der Waals surface area contributed by atoms with Crippen molar-refractivity contribution in [1.29, 1.82) is 0 Å². The van der Waals surface area contributed by atoms with E-state index in [0.717, 1.165) is 25.7 Å². The number of hydrogen-bond acceptors (Lipinski definition) is 3. The predicted molar refractivity (Wildman–Crippen MR) is 90.2 cm³/mol. The van der Waals surface area contributed by atoms with Crippen molar-refractivity contribution in [3.8, 4) is 5.69 Å². The topological polar surface area (TPSA) is 33.1 Å². The van der Waals surface area contributed by atoms with Crippen molar-refractivity contribution in [2.45, 2.75) is 38.8 Å². The minimum atomic E-state index is 0.731. The quantitative estimate of drug-likeness (QED) is 0.890. The van der Waals surface area contributed by atoms with Crippen LogP contribution in [0, 0.1) is 0 Å². The molecule has 0 radical (unpaired) electrons. The molecule has 1 aliphatic rings. The normalized spacial score (nSPS) is 16.3. The van der Waals surface area contributed by atoms with Crippen molar-refractivity contribution >= 4 is 0 Å². The summed E-state index contributed by atoms with van der Waals surface area (Å²) in [6.07, 6.45) is 9.39. The molecule has 2 aromatic rings. The molecule has 0 atom stereocenters. The largest absolute Gasteiger partial charge is 0.317 e. The maximum Gasteiger partial charge on any atom is 0.0991 e. The number of nitrogens with one attached hydrogen (secondary N) is 1. The van der Waals surface area contributed by atoms with Crippen LogP contribution in [0.1, 0.15) is 31.7 Å². The summed E-state index contributed by atoms with van der Waals surface area (Å²) >= 11 is 0. The van der Waals surface area contributed by atoms with Gasteiger partial charge in [-0.2, -0.15) is 0 Å². The fraction of sp³-hybridized carbons (Fsp3) is 0.500. The third kappa shape index (κ3) is 3.76. The summed E-state index contributed by atoms with van der Waals surface area (Å²) < 4.78 is 2.04. The summed E-state index contributed by atoms with van der Waals surface area (Å²) in [5.74, 6) is 0. The Bertz CT molecular complexity index is 541. The van der Waals surface area contributed by atoms with E-state index in [1.54, 1.807) is 0 Å². The fourth-order valence-corrected chi connectivity index (χ4v) is 3.27. The maximum atomic E-state index is 4.10. The molecule has 1 aliphatic heterocycles. The molecular formula is C18H26N4. The molecule has 0 saturated carbocycles. The summed E-state index contributed by atoms with van der Waals surface area (Å²) in [6.45, 7) is 6.84. The Kier molecular flexibility index (Phi) is 5.24. The second-order valence-electron chi connectivity index (χ2n) is 6.09. The van der Waals surface area contributed by atoms with Crippen LogP contribution in [0.2, 0.25) is 0 Å². The van der Waals surface area contributed by atoms with Gasteiger partial charge >= 0.3 is 0 Å². The predicted octanol–water partition coefficient (Wildman–Crippen LogP) is 2.84. The summed E-state index contributed by atoms with van der Waals surface area (Å²) in [4.78, 5) is 6.76. The molecule has 0 spiro atoms. The highest BCUT2D eigenvalue weighted by atomic mass is 15.2. The van der Waals surface area contributed by atoms with Crippen LogP contribution < -0.4 is 5.32 Å². The first-order valence-electron chi connectivity index (χ1n) is 8.39. The Morgan fingerprint density at radius 2 is 2.00 bits per heavy atom. The number of nitrogens with zero attached hydrogens (tertiary/aromatic N) is 3. The lowest BCUT2D eigenvalue weighted by molar-refractivity contribution is 0.154. The molecule has 3 rings (SSSR count). The van der Waals surface area contributed by atoms with Crippen LogP contribution in [0.4, 0.5) is 0 Å². The fourth-order valence-electron chi connectivity index (χ4n) is 3.27. The van der Waals surface area contributed by atoms with Gasteiger partial charge in [-0.25, -0.2) is 4.98 Å². The summed E-state index contributed by atoms with van der Waals surface area (Å²) in [5, 5.41) is 3.46. The zero-order valence-electron chi connectivity index (χ0n) is 13.4. The standard InChI is InChI=1S/C18H26N4/c1-2-12-21(18-7-9-19-10-8-18)14-16-3-5-17(6-4-16)22-13-11-20-15-22/h3-6,11,13,15,18-19H,2,7-10,12,14H2,1H3. The molecule has 1 saturated heterocycles. The van der Waals surface area contributed by atoms with E-state index < -0.39 is 0 Å². The Hall–Kier alpha value is -1.65. The van der Waals surface area contributed by atoms with Gasteiger partial charge in [0.15, 0.2) is 0 Å². The molecule has 1 aromatic heterocycles. The highest BCUT2D eigenvalue weighted by Gasteiger charge is 2.20. The molecule has 4 heteroatoms. The molecule has 1 fully saturated rings. The van der Waals surface area contributed by atoms with Crippen molar-refractivity contribution in [2.24, 2.45) is 0 Å². The summed E-state index contributed by atoms with van der Waals surface area (Å²) in [6, 6.07) is 9.60. The summed E-state index contributed by atoms with van der Waals surface area (Å²) in [7, 11) is 0. The van der Waals surface area contributed by atoms with Gasteiger partial charge in [-0.05, 0) is 56.6 Å². The van der Waals surface area contributed by atoms with E-state index in [-0.39, 0.29) is 0 Å². The Labute approximate surface area is 133 Å². The SMILES string of the molecule is CCCN(Cc1ccc(-n2ccnc2)cc1)C1CCNCC1. The van der Waals surface area contributed by atoms with Gasteiger partial charge in [-0.3, -0.25) is 4.90 Å². The van der Waals surface area contributed by atoms with Crippen molar-refractivity contribution in [3.05, 3.63) is 48.5 Å². The molecule has 1 N–H and O–H groups in total. The Morgan fingerprint density at radius 3 is 2.64 bits per heavy atom. The van der Waals surface area contributed by atoms with Gasteiger partial charge in [0.25, 0.3) is 0 Å². The number of aromatic nitrogens is 2. The van der Waals surface area contributed by atoms with E-state index in [1.807, 2.05) is 23.3 Å². The molecule has 0 unspecified atom stereocenters. The van der Waals surface area contributed by atoms with E-state index in [4.69, 9.17) is 0 Å². The zero-order chi connectivity index (χ0) is 15.2. The van der Waals surface area contributed by atoms with Crippen molar-refractivity contribution < 1.29 is 0 Å². The monoisotopic (exact) mass is 298 g/mol. The van der Waals surface area contributed by atoms with Gasteiger partial charge in [0, 0.05) is 30.7 Å². The Morgan fingerprint density at radius 1 is 1.23 bits per heavy atom. The molecular weight excluding hydrogens is 272 g/mol. The van der Waals surface area contributed by atoms with Gasteiger partial charge in [0.2, 0.25) is 0 Å². The van der Waals surface area contributed by atoms with Crippen molar-refractivity contribution in [2.75, 3.05) is 19.6 Å². The van der Waals surface area contributed by atoms with Crippen molar-refractivity contribution in [1.82, 2.24) is 19.8 Å². The average Bonchev–Trinajstić information content (AvgIpc) is 3.10. The first kappa shape index (κ1) is 15.3. The van der Waals surface area contributed by atoms with E-state index in [2.05, 4.69) is 46.4 Å². The van der Waals surface area contributed by atoms with Gasteiger partial charge in [-0.1, -0.05) is 19.1 Å². The number of rotatable bonds is 6. The van der Waals surface area contributed by atoms with Crippen LogP contribution in [0.3, 0.4) is 0 Å². The zero-order valence-corrected chi connectivity index (χ0v) is 13.4. The second-order valence-corrected chi connectivity index (χ2v) is 6.09. The lowest BCUT2D eigenvalue weighted by Crippen LogP contribution is -2.43. The third-order valence-corrected chi connectivity index (χ3v) is 4.46. The number of imidazole rings is 1. The number of piperidine rings is 1. The van der Waals surface area contributed by atoms with Gasteiger partial charge in [0.05, 0.1) is 6.33 Å².